The van der Waals surface area contributed by atoms with Crippen LogP contribution in [-0.4, -0.2) is 45.5 Å². The summed E-state index contributed by atoms with van der Waals surface area (Å²) in [5.41, 5.74) is 2.47. The smallest absolute Gasteiger partial charge is 0.273 e. The van der Waals surface area contributed by atoms with Crippen molar-refractivity contribution in [2.45, 2.75) is 25.3 Å². The van der Waals surface area contributed by atoms with Crippen LogP contribution in [0.3, 0.4) is 0 Å². The number of rotatable bonds is 6. The molecule has 1 aliphatic rings. The number of nitrogens with zero attached hydrogens (tertiary/aromatic N) is 4. The minimum absolute atomic E-state index is 0. The predicted molar refractivity (Wildman–Crippen MR) is 112 cm³/mol. The van der Waals surface area contributed by atoms with Crippen LogP contribution in [0.5, 0.6) is 0 Å². The molecule has 0 aliphatic carbocycles. The number of benzene rings is 1. The van der Waals surface area contributed by atoms with Crippen LogP contribution in [0, 0.1) is 0 Å². The van der Waals surface area contributed by atoms with Gasteiger partial charge in [-0.2, -0.15) is 0 Å². The SMILES string of the molecule is Cl.O=C(NCCc1csc(-c2ccccc2)n1)c1cn(C2CCNCC2)nn1. The number of amides is 1. The fourth-order valence-electron chi connectivity index (χ4n) is 3.16. The molecule has 9 heteroatoms. The lowest BCUT2D eigenvalue weighted by molar-refractivity contribution is 0.0949. The van der Waals surface area contributed by atoms with Crippen molar-refractivity contribution in [3.05, 3.63) is 53.3 Å². The molecular formula is C19H23ClN6OS. The van der Waals surface area contributed by atoms with Gasteiger partial charge in [0.15, 0.2) is 5.69 Å². The summed E-state index contributed by atoms with van der Waals surface area (Å²) < 4.78 is 1.82. The minimum atomic E-state index is -0.186. The second-order valence-electron chi connectivity index (χ2n) is 6.58. The molecule has 7 nitrogen and oxygen atoms in total. The number of thiazole rings is 1. The van der Waals surface area contributed by atoms with Gasteiger partial charge in [0.25, 0.3) is 5.91 Å². The second kappa shape index (κ2) is 9.77. The van der Waals surface area contributed by atoms with Crippen molar-refractivity contribution in [1.29, 1.82) is 0 Å². The van der Waals surface area contributed by atoms with Crippen molar-refractivity contribution in [2.24, 2.45) is 0 Å². The molecule has 0 unspecified atom stereocenters. The Morgan fingerprint density at radius 1 is 1.25 bits per heavy atom. The number of aromatic nitrogens is 4. The molecule has 1 amide bonds. The molecule has 4 rings (SSSR count). The van der Waals surface area contributed by atoms with Gasteiger partial charge in [0, 0.05) is 23.9 Å². The van der Waals surface area contributed by atoms with E-state index in [1.54, 1.807) is 17.5 Å². The van der Waals surface area contributed by atoms with Crippen molar-refractivity contribution in [3.8, 4) is 10.6 Å². The highest BCUT2D eigenvalue weighted by Crippen LogP contribution is 2.23. The molecule has 2 aromatic heterocycles. The van der Waals surface area contributed by atoms with Crippen LogP contribution in [0.1, 0.15) is 35.1 Å². The van der Waals surface area contributed by atoms with Crippen LogP contribution in [0.15, 0.2) is 41.9 Å². The zero-order valence-electron chi connectivity index (χ0n) is 15.4. The number of hydrogen-bond donors (Lipinski definition) is 2. The Hall–Kier alpha value is -2.29. The monoisotopic (exact) mass is 418 g/mol. The quantitative estimate of drug-likeness (QED) is 0.643. The number of hydrogen-bond acceptors (Lipinski definition) is 6. The first kappa shape index (κ1) is 20.4. The molecule has 28 heavy (non-hydrogen) atoms. The maximum atomic E-state index is 12.3. The van der Waals surface area contributed by atoms with Gasteiger partial charge < -0.3 is 10.6 Å². The molecule has 0 bridgehead atoms. The third kappa shape index (κ3) is 4.95. The highest BCUT2D eigenvalue weighted by molar-refractivity contribution is 7.13. The molecule has 148 valence electrons. The van der Waals surface area contributed by atoms with Crippen molar-refractivity contribution in [1.82, 2.24) is 30.6 Å². The van der Waals surface area contributed by atoms with Crippen LogP contribution in [0.25, 0.3) is 10.6 Å². The summed E-state index contributed by atoms with van der Waals surface area (Å²) in [4.78, 5) is 16.9. The Morgan fingerprint density at radius 2 is 2.04 bits per heavy atom. The fourth-order valence-corrected chi connectivity index (χ4v) is 4.02. The molecular weight excluding hydrogens is 396 g/mol. The average Bonchev–Trinajstić information content (AvgIpc) is 3.39. The summed E-state index contributed by atoms with van der Waals surface area (Å²) in [5.74, 6) is -0.186. The van der Waals surface area contributed by atoms with E-state index in [0.29, 0.717) is 24.7 Å². The number of piperidine rings is 1. The maximum Gasteiger partial charge on any atom is 0.273 e. The van der Waals surface area contributed by atoms with E-state index < -0.39 is 0 Å². The Balaban J connectivity index is 0.00000225. The van der Waals surface area contributed by atoms with Crippen LogP contribution in [0.2, 0.25) is 0 Å². The van der Waals surface area contributed by atoms with Crippen molar-refractivity contribution >= 4 is 29.7 Å². The highest BCUT2D eigenvalue weighted by atomic mass is 35.5. The first-order valence-corrected chi connectivity index (χ1v) is 10.1. The molecule has 1 fully saturated rings. The van der Waals surface area contributed by atoms with Gasteiger partial charge in [-0.1, -0.05) is 35.5 Å². The molecule has 1 saturated heterocycles. The van der Waals surface area contributed by atoms with Gasteiger partial charge >= 0.3 is 0 Å². The molecule has 2 N–H and O–H groups in total. The topological polar surface area (TPSA) is 84.7 Å². The summed E-state index contributed by atoms with van der Waals surface area (Å²) in [6, 6.07) is 10.4. The zero-order valence-corrected chi connectivity index (χ0v) is 17.0. The lowest BCUT2D eigenvalue weighted by atomic mass is 10.1. The third-order valence-corrected chi connectivity index (χ3v) is 5.61. The largest absolute Gasteiger partial charge is 0.350 e. The molecule has 0 saturated carbocycles. The van der Waals surface area contributed by atoms with Gasteiger partial charge in [0.05, 0.1) is 17.9 Å². The van der Waals surface area contributed by atoms with E-state index in [9.17, 15) is 4.79 Å². The number of carbonyl (C=O) groups is 1. The van der Waals surface area contributed by atoms with Gasteiger partial charge in [0.1, 0.15) is 5.01 Å². The Morgan fingerprint density at radius 3 is 2.82 bits per heavy atom. The zero-order chi connectivity index (χ0) is 18.5. The standard InChI is InChI=1S/C19H22N6OS.ClH/c26-18(17-12-25(24-23-17)16-7-9-20-10-8-16)21-11-6-15-13-27-19(22-15)14-4-2-1-3-5-14;/h1-5,12-13,16,20H,6-11H2,(H,21,26);1H. The average molecular weight is 419 g/mol. The third-order valence-electron chi connectivity index (χ3n) is 4.66. The number of halogens is 1. The van der Waals surface area contributed by atoms with Gasteiger partial charge in [-0.25, -0.2) is 9.67 Å². The summed E-state index contributed by atoms with van der Waals surface area (Å²) >= 11 is 1.62. The van der Waals surface area contributed by atoms with Crippen molar-refractivity contribution in [2.75, 3.05) is 19.6 Å². The van der Waals surface area contributed by atoms with Crippen molar-refractivity contribution < 1.29 is 4.79 Å². The van der Waals surface area contributed by atoms with Crippen LogP contribution < -0.4 is 10.6 Å². The molecule has 0 radical (unpaired) electrons. The molecule has 3 aromatic rings. The van der Waals surface area contributed by atoms with E-state index >= 15 is 0 Å². The number of carbonyl (C=O) groups excluding carboxylic acids is 1. The molecule has 3 heterocycles. The van der Waals surface area contributed by atoms with E-state index in [2.05, 4.69) is 38.1 Å². The van der Waals surface area contributed by atoms with Gasteiger partial charge in [-0.3, -0.25) is 4.79 Å². The van der Waals surface area contributed by atoms with Crippen LogP contribution >= 0.6 is 23.7 Å². The van der Waals surface area contributed by atoms with E-state index in [4.69, 9.17) is 0 Å². The lowest BCUT2D eigenvalue weighted by Crippen LogP contribution is -2.29. The van der Waals surface area contributed by atoms with E-state index in [0.717, 1.165) is 42.2 Å². The van der Waals surface area contributed by atoms with Crippen LogP contribution in [0.4, 0.5) is 0 Å². The fraction of sp³-hybridized carbons (Fsp3) is 0.368. The first-order valence-electron chi connectivity index (χ1n) is 9.20. The molecule has 0 spiro atoms. The molecule has 0 atom stereocenters. The minimum Gasteiger partial charge on any atom is -0.350 e. The van der Waals surface area contributed by atoms with Crippen LogP contribution in [-0.2, 0) is 6.42 Å². The summed E-state index contributed by atoms with van der Waals surface area (Å²) in [5, 5.41) is 17.4. The maximum absolute atomic E-state index is 12.3. The Labute approximate surface area is 174 Å². The van der Waals surface area contributed by atoms with Crippen molar-refractivity contribution in [3.63, 3.8) is 0 Å². The molecule has 1 aliphatic heterocycles. The Bertz CT molecular complexity index is 891. The summed E-state index contributed by atoms with van der Waals surface area (Å²) in [7, 11) is 0. The second-order valence-corrected chi connectivity index (χ2v) is 7.44. The molecule has 1 aromatic carbocycles. The normalized spacial score (nSPS) is 14.4. The lowest BCUT2D eigenvalue weighted by Gasteiger charge is -2.22. The van der Waals surface area contributed by atoms with E-state index in [-0.39, 0.29) is 18.3 Å². The predicted octanol–water partition coefficient (Wildman–Crippen LogP) is 2.72. The van der Waals surface area contributed by atoms with E-state index in [1.165, 1.54) is 0 Å². The first-order chi connectivity index (χ1) is 13.3. The Kier molecular flexibility index (Phi) is 7.13. The van der Waals surface area contributed by atoms with Gasteiger partial charge in [-0.05, 0) is 25.9 Å². The van der Waals surface area contributed by atoms with E-state index in [1.807, 2.05) is 28.3 Å². The summed E-state index contributed by atoms with van der Waals surface area (Å²) in [6.07, 6.45) is 4.47. The summed E-state index contributed by atoms with van der Waals surface area (Å²) in [6.45, 7) is 2.48. The van der Waals surface area contributed by atoms with Gasteiger partial charge in [0.2, 0.25) is 0 Å². The van der Waals surface area contributed by atoms with Gasteiger partial charge in [-0.15, -0.1) is 28.8 Å². The highest BCUT2D eigenvalue weighted by Gasteiger charge is 2.18. The number of nitrogens with one attached hydrogen (secondary N) is 2.